The molecule has 0 spiro atoms. The fraction of sp³-hybridized carbons (Fsp3) is 0.125. The molecule has 0 saturated carbocycles. The van der Waals surface area contributed by atoms with Crippen molar-refractivity contribution in [2.24, 2.45) is 0 Å². The zero-order valence-corrected chi connectivity index (χ0v) is 8.75. The average Bonchev–Trinajstić information content (AvgIpc) is 2.75. The Balaban J connectivity index is 2.35. The smallest absolute Gasteiger partial charge is 0.133 e. The average molecular weight is 213 g/mol. The molecule has 0 aliphatic heterocycles. The van der Waals surface area contributed by atoms with E-state index >= 15 is 0 Å². The van der Waals surface area contributed by atoms with Crippen LogP contribution in [0.2, 0.25) is 0 Å². The van der Waals surface area contributed by atoms with E-state index in [0.29, 0.717) is 0 Å². The largest absolute Gasteiger partial charge is 0.243 e. The van der Waals surface area contributed by atoms with Crippen LogP contribution in [-0.4, -0.2) is 4.98 Å². The molecule has 4 heteroatoms. The lowest BCUT2D eigenvalue weighted by Crippen LogP contribution is -1.63. The molecule has 0 N–H and O–H groups in total. The summed E-state index contributed by atoms with van der Waals surface area (Å²) in [5, 5.41) is 3.17. The third-order valence-corrected chi connectivity index (χ3v) is 4.03. The van der Waals surface area contributed by atoms with Gasteiger partial charge in [0.05, 0.1) is 4.88 Å². The van der Waals surface area contributed by atoms with Crippen LogP contribution in [0.15, 0.2) is 23.7 Å². The summed E-state index contributed by atoms with van der Waals surface area (Å²) in [7, 11) is 0. The lowest BCUT2D eigenvalue weighted by molar-refractivity contribution is 1.38. The maximum Gasteiger partial charge on any atom is 0.133 e. The predicted octanol–water partition coefficient (Wildman–Crippen LogP) is 3.30. The second kappa shape index (κ2) is 3.60. The molecule has 0 saturated heterocycles. The molecule has 2 aromatic rings. The van der Waals surface area contributed by atoms with Crippen molar-refractivity contribution < 1.29 is 0 Å². The van der Waals surface area contributed by atoms with Gasteiger partial charge in [-0.05, 0) is 11.4 Å². The standard InChI is InChI=1S/C8H7NS3/c10-5-6-4-9-8(12-6)7-2-1-3-11-7/h1-4,10H,5H2. The van der Waals surface area contributed by atoms with Gasteiger partial charge in [0.25, 0.3) is 0 Å². The van der Waals surface area contributed by atoms with Crippen LogP contribution in [0, 0.1) is 0 Å². The van der Waals surface area contributed by atoms with E-state index in [4.69, 9.17) is 0 Å². The van der Waals surface area contributed by atoms with Gasteiger partial charge in [0.2, 0.25) is 0 Å². The van der Waals surface area contributed by atoms with Gasteiger partial charge in [0.1, 0.15) is 5.01 Å². The van der Waals surface area contributed by atoms with Crippen LogP contribution in [-0.2, 0) is 5.75 Å². The van der Waals surface area contributed by atoms with Gasteiger partial charge < -0.3 is 0 Å². The molecule has 0 atom stereocenters. The van der Waals surface area contributed by atoms with Crippen LogP contribution in [0.1, 0.15) is 4.88 Å². The fourth-order valence-corrected chi connectivity index (χ4v) is 2.75. The maximum atomic E-state index is 4.31. The number of thiophene rings is 1. The van der Waals surface area contributed by atoms with Crippen LogP contribution in [0.3, 0.4) is 0 Å². The van der Waals surface area contributed by atoms with Crippen molar-refractivity contribution in [3.63, 3.8) is 0 Å². The van der Waals surface area contributed by atoms with E-state index in [9.17, 15) is 0 Å². The Hall–Kier alpha value is -0.320. The number of thiol groups is 1. The maximum absolute atomic E-state index is 4.31. The van der Waals surface area contributed by atoms with Crippen molar-refractivity contribution in [3.8, 4) is 9.88 Å². The SMILES string of the molecule is SCc1cnc(-c2cccs2)s1. The highest BCUT2D eigenvalue weighted by Gasteiger charge is 2.03. The van der Waals surface area contributed by atoms with Crippen LogP contribution >= 0.6 is 35.3 Å². The Morgan fingerprint density at radius 3 is 3.00 bits per heavy atom. The Labute approximate surface area is 84.5 Å². The molecule has 0 aliphatic carbocycles. The van der Waals surface area contributed by atoms with Crippen LogP contribution in [0.4, 0.5) is 0 Å². The zero-order valence-electron chi connectivity index (χ0n) is 6.23. The zero-order chi connectivity index (χ0) is 8.39. The minimum Gasteiger partial charge on any atom is -0.243 e. The van der Waals surface area contributed by atoms with Gasteiger partial charge in [-0.2, -0.15) is 12.6 Å². The summed E-state index contributed by atoms with van der Waals surface area (Å²) in [6.07, 6.45) is 1.90. The van der Waals surface area contributed by atoms with Gasteiger partial charge >= 0.3 is 0 Å². The molecule has 0 unspecified atom stereocenters. The van der Waals surface area contributed by atoms with Gasteiger partial charge in [0, 0.05) is 16.8 Å². The summed E-state index contributed by atoms with van der Waals surface area (Å²) >= 11 is 7.63. The number of thiazole rings is 1. The first-order valence-corrected chi connectivity index (χ1v) is 5.82. The van der Waals surface area contributed by atoms with Crippen molar-refractivity contribution >= 4 is 35.3 Å². The summed E-state index contributed by atoms with van der Waals surface area (Å²) in [5.74, 6) is 0.781. The number of aromatic nitrogens is 1. The van der Waals surface area contributed by atoms with Crippen molar-refractivity contribution in [3.05, 3.63) is 28.6 Å². The minimum absolute atomic E-state index is 0.781. The number of hydrogen-bond donors (Lipinski definition) is 1. The summed E-state index contributed by atoms with van der Waals surface area (Å²) in [4.78, 5) is 6.78. The van der Waals surface area contributed by atoms with E-state index in [-0.39, 0.29) is 0 Å². The molecule has 1 nitrogen and oxygen atoms in total. The monoisotopic (exact) mass is 213 g/mol. The lowest BCUT2D eigenvalue weighted by Gasteiger charge is -1.85. The van der Waals surface area contributed by atoms with Crippen molar-refractivity contribution in [1.82, 2.24) is 4.98 Å². The Morgan fingerprint density at radius 2 is 2.42 bits per heavy atom. The van der Waals surface area contributed by atoms with Crippen molar-refractivity contribution in [2.45, 2.75) is 5.75 Å². The van der Waals surface area contributed by atoms with E-state index in [2.05, 4.69) is 29.1 Å². The Kier molecular flexibility index (Phi) is 2.48. The molecule has 0 aliphatic rings. The molecule has 12 heavy (non-hydrogen) atoms. The lowest BCUT2D eigenvalue weighted by atomic mass is 10.5. The van der Waals surface area contributed by atoms with Crippen LogP contribution < -0.4 is 0 Å². The van der Waals surface area contributed by atoms with E-state index in [1.54, 1.807) is 22.7 Å². The Bertz CT molecular complexity index is 350. The molecule has 0 fully saturated rings. The third-order valence-electron chi connectivity index (χ3n) is 1.44. The predicted molar refractivity (Wildman–Crippen MR) is 58.1 cm³/mol. The number of nitrogens with zero attached hydrogens (tertiary/aromatic N) is 1. The number of hydrogen-bond acceptors (Lipinski definition) is 4. The highest BCUT2D eigenvalue weighted by atomic mass is 32.1. The summed E-state index contributed by atoms with van der Waals surface area (Å²) in [5.41, 5.74) is 0. The van der Waals surface area contributed by atoms with E-state index in [1.807, 2.05) is 12.3 Å². The first-order chi connectivity index (χ1) is 5.90. The van der Waals surface area contributed by atoms with Crippen molar-refractivity contribution in [1.29, 1.82) is 0 Å². The van der Waals surface area contributed by atoms with Gasteiger partial charge in [-0.15, -0.1) is 22.7 Å². The van der Waals surface area contributed by atoms with Crippen LogP contribution in [0.5, 0.6) is 0 Å². The van der Waals surface area contributed by atoms with Gasteiger partial charge in [-0.3, -0.25) is 0 Å². The molecular weight excluding hydrogens is 206 g/mol. The first-order valence-electron chi connectivity index (χ1n) is 3.49. The third kappa shape index (κ3) is 1.55. The second-order valence-electron chi connectivity index (χ2n) is 2.27. The quantitative estimate of drug-likeness (QED) is 0.755. The second-order valence-corrected chi connectivity index (χ2v) is 4.65. The molecule has 0 bridgehead atoms. The summed E-state index contributed by atoms with van der Waals surface area (Å²) in [6.45, 7) is 0. The van der Waals surface area contributed by atoms with E-state index in [0.717, 1.165) is 10.8 Å². The molecule has 0 radical (unpaired) electrons. The fourth-order valence-electron chi connectivity index (χ4n) is 0.895. The number of rotatable bonds is 2. The molecule has 62 valence electrons. The van der Waals surface area contributed by atoms with E-state index in [1.165, 1.54) is 9.75 Å². The topological polar surface area (TPSA) is 12.9 Å². The highest BCUT2D eigenvalue weighted by Crippen LogP contribution is 2.29. The molecular formula is C8H7NS3. The van der Waals surface area contributed by atoms with Gasteiger partial charge in [-0.1, -0.05) is 6.07 Å². The molecule has 0 amide bonds. The van der Waals surface area contributed by atoms with Crippen LogP contribution in [0.25, 0.3) is 9.88 Å². The highest BCUT2D eigenvalue weighted by molar-refractivity contribution is 7.79. The van der Waals surface area contributed by atoms with E-state index < -0.39 is 0 Å². The Morgan fingerprint density at radius 1 is 1.50 bits per heavy atom. The van der Waals surface area contributed by atoms with Crippen molar-refractivity contribution in [2.75, 3.05) is 0 Å². The van der Waals surface area contributed by atoms with Gasteiger partial charge in [0.15, 0.2) is 0 Å². The molecule has 2 rings (SSSR count). The molecule has 2 aromatic heterocycles. The summed E-state index contributed by atoms with van der Waals surface area (Å²) < 4.78 is 0. The molecule has 0 aromatic carbocycles. The minimum atomic E-state index is 0.781. The van der Waals surface area contributed by atoms with Gasteiger partial charge in [-0.25, -0.2) is 4.98 Å². The summed E-state index contributed by atoms with van der Waals surface area (Å²) in [6, 6.07) is 4.13. The molecule has 2 heterocycles. The normalized spacial score (nSPS) is 10.4. The first kappa shape index (κ1) is 8.29.